The first-order valence-corrected chi connectivity index (χ1v) is 7.85. The fourth-order valence-corrected chi connectivity index (χ4v) is 3.88. The van der Waals surface area contributed by atoms with Gasteiger partial charge in [-0.2, -0.15) is 0 Å². The fraction of sp³-hybridized carbons (Fsp3) is 0.647. The van der Waals surface area contributed by atoms with E-state index in [1.807, 2.05) is 0 Å². The number of benzene rings is 1. The average molecular weight is 258 g/mol. The van der Waals surface area contributed by atoms with Gasteiger partial charge < -0.3 is 10.6 Å². The maximum Gasteiger partial charge on any atom is 0.0405 e. The van der Waals surface area contributed by atoms with E-state index in [9.17, 15) is 0 Å². The summed E-state index contributed by atoms with van der Waals surface area (Å²) in [6.45, 7) is 4.38. The number of rotatable bonds is 3. The predicted molar refractivity (Wildman–Crippen MR) is 81.6 cm³/mol. The van der Waals surface area contributed by atoms with Crippen LogP contribution in [0, 0.1) is 5.92 Å². The van der Waals surface area contributed by atoms with E-state index in [1.54, 1.807) is 0 Å². The summed E-state index contributed by atoms with van der Waals surface area (Å²) < 4.78 is 0. The highest BCUT2D eigenvalue weighted by Crippen LogP contribution is 2.41. The predicted octanol–water partition coefficient (Wildman–Crippen LogP) is 3.52. The molecule has 1 aromatic rings. The maximum atomic E-state index is 5.79. The second-order valence-corrected chi connectivity index (χ2v) is 6.40. The highest BCUT2D eigenvalue weighted by Gasteiger charge is 2.33. The van der Waals surface area contributed by atoms with Crippen LogP contribution in [0.25, 0.3) is 0 Å². The smallest absolute Gasteiger partial charge is 0.0405 e. The van der Waals surface area contributed by atoms with Crippen LogP contribution in [-0.4, -0.2) is 19.1 Å². The molecule has 1 fully saturated rings. The minimum absolute atomic E-state index is 0.653. The van der Waals surface area contributed by atoms with Crippen molar-refractivity contribution in [2.75, 3.05) is 18.0 Å². The third-order valence-corrected chi connectivity index (χ3v) is 5.04. The molecule has 1 aliphatic carbocycles. The number of nitrogens with two attached hydrogens (primary N) is 1. The van der Waals surface area contributed by atoms with Gasteiger partial charge in [0.15, 0.2) is 0 Å². The van der Waals surface area contributed by atoms with Crippen molar-refractivity contribution in [3.05, 3.63) is 29.8 Å². The van der Waals surface area contributed by atoms with Gasteiger partial charge >= 0.3 is 0 Å². The second kappa shape index (κ2) is 5.54. The van der Waals surface area contributed by atoms with Gasteiger partial charge in [-0.25, -0.2) is 0 Å². The summed E-state index contributed by atoms with van der Waals surface area (Å²) in [6.07, 6.45) is 6.64. The first-order valence-electron chi connectivity index (χ1n) is 7.85. The van der Waals surface area contributed by atoms with Crippen molar-refractivity contribution in [2.45, 2.75) is 51.0 Å². The topological polar surface area (TPSA) is 29.3 Å². The summed E-state index contributed by atoms with van der Waals surface area (Å²) in [5.74, 6) is 1.58. The molecule has 0 radical (unpaired) electrons. The Bertz CT molecular complexity index is 421. The lowest BCUT2D eigenvalue weighted by molar-refractivity contribution is 0.334. The van der Waals surface area contributed by atoms with Gasteiger partial charge in [0.05, 0.1) is 0 Å². The SMILES string of the molecule is CC1CCC(N2CC(CCN)c3ccccc32)CC1. The molecule has 2 N–H and O–H groups in total. The summed E-state index contributed by atoms with van der Waals surface area (Å²) in [6, 6.07) is 9.74. The van der Waals surface area contributed by atoms with E-state index in [0.717, 1.165) is 24.9 Å². The van der Waals surface area contributed by atoms with E-state index < -0.39 is 0 Å². The highest BCUT2D eigenvalue weighted by molar-refractivity contribution is 5.61. The minimum Gasteiger partial charge on any atom is -0.368 e. The Hall–Kier alpha value is -1.02. The molecule has 3 rings (SSSR count). The zero-order chi connectivity index (χ0) is 13.2. The molecule has 2 nitrogen and oxygen atoms in total. The van der Waals surface area contributed by atoms with Gasteiger partial charge in [0, 0.05) is 24.2 Å². The molecule has 1 heterocycles. The Morgan fingerprint density at radius 1 is 1.16 bits per heavy atom. The summed E-state index contributed by atoms with van der Waals surface area (Å²) >= 11 is 0. The Morgan fingerprint density at radius 3 is 2.63 bits per heavy atom. The fourth-order valence-electron chi connectivity index (χ4n) is 3.88. The lowest BCUT2D eigenvalue weighted by Crippen LogP contribution is -2.37. The molecule has 0 spiro atoms. The maximum absolute atomic E-state index is 5.79. The van der Waals surface area contributed by atoms with Crippen LogP contribution in [-0.2, 0) is 0 Å². The molecule has 19 heavy (non-hydrogen) atoms. The van der Waals surface area contributed by atoms with E-state index in [2.05, 4.69) is 36.1 Å². The van der Waals surface area contributed by atoms with Crippen molar-refractivity contribution in [3.8, 4) is 0 Å². The van der Waals surface area contributed by atoms with Crippen LogP contribution in [0.5, 0.6) is 0 Å². The van der Waals surface area contributed by atoms with Crippen molar-refractivity contribution in [2.24, 2.45) is 11.7 Å². The van der Waals surface area contributed by atoms with Crippen molar-refractivity contribution >= 4 is 5.69 Å². The monoisotopic (exact) mass is 258 g/mol. The molecule has 2 aliphatic rings. The van der Waals surface area contributed by atoms with Crippen molar-refractivity contribution in [1.29, 1.82) is 0 Å². The van der Waals surface area contributed by atoms with Gasteiger partial charge in [-0.3, -0.25) is 0 Å². The third-order valence-electron chi connectivity index (χ3n) is 5.04. The van der Waals surface area contributed by atoms with E-state index >= 15 is 0 Å². The summed E-state index contributed by atoms with van der Waals surface area (Å²) in [7, 11) is 0. The number of nitrogens with zero attached hydrogens (tertiary/aromatic N) is 1. The van der Waals surface area contributed by atoms with Gasteiger partial charge in [-0.05, 0) is 56.2 Å². The molecule has 1 atom stereocenters. The number of hydrogen-bond acceptors (Lipinski definition) is 2. The minimum atomic E-state index is 0.653. The molecule has 1 unspecified atom stereocenters. The Kier molecular flexibility index (Phi) is 3.79. The summed E-state index contributed by atoms with van der Waals surface area (Å²) in [4.78, 5) is 2.68. The molecule has 104 valence electrons. The molecule has 1 saturated carbocycles. The van der Waals surface area contributed by atoms with Crippen LogP contribution in [0.1, 0.15) is 50.5 Å². The summed E-state index contributed by atoms with van der Waals surface area (Å²) in [5.41, 5.74) is 8.81. The van der Waals surface area contributed by atoms with Crippen LogP contribution in [0.4, 0.5) is 5.69 Å². The van der Waals surface area contributed by atoms with Crippen LogP contribution >= 0.6 is 0 Å². The quantitative estimate of drug-likeness (QED) is 0.899. The largest absolute Gasteiger partial charge is 0.368 e. The van der Waals surface area contributed by atoms with Crippen LogP contribution in [0.15, 0.2) is 24.3 Å². The lowest BCUT2D eigenvalue weighted by Gasteiger charge is -2.35. The van der Waals surface area contributed by atoms with E-state index in [4.69, 9.17) is 5.73 Å². The average Bonchev–Trinajstić information content (AvgIpc) is 2.80. The molecule has 0 saturated heterocycles. The van der Waals surface area contributed by atoms with Gasteiger partial charge in [0.25, 0.3) is 0 Å². The van der Waals surface area contributed by atoms with Crippen LogP contribution < -0.4 is 10.6 Å². The molecule has 0 amide bonds. The van der Waals surface area contributed by atoms with Crippen molar-refractivity contribution in [3.63, 3.8) is 0 Å². The molecule has 2 heteroatoms. The van der Waals surface area contributed by atoms with Gasteiger partial charge in [-0.1, -0.05) is 25.1 Å². The lowest BCUT2D eigenvalue weighted by atomic mass is 9.86. The van der Waals surface area contributed by atoms with Gasteiger partial charge in [0.1, 0.15) is 0 Å². The molecule has 1 aromatic carbocycles. The summed E-state index contributed by atoms with van der Waals surface area (Å²) in [5, 5.41) is 0. The standard InChI is InChI=1S/C17H26N2/c1-13-6-8-15(9-7-13)19-12-14(10-11-18)16-4-2-3-5-17(16)19/h2-5,13-15H,6-12,18H2,1H3. The zero-order valence-electron chi connectivity index (χ0n) is 12.0. The van der Waals surface area contributed by atoms with Crippen LogP contribution in [0.2, 0.25) is 0 Å². The van der Waals surface area contributed by atoms with E-state index in [-0.39, 0.29) is 0 Å². The van der Waals surface area contributed by atoms with Crippen molar-refractivity contribution in [1.82, 2.24) is 0 Å². The molecular weight excluding hydrogens is 232 g/mol. The third kappa shape index (κ3) is 2.51. The Balaban J connectivity index is 1.80. The first-order chi connectivity index (χ1) is 9.29. The number of para-hydroxylation sites is 1. The number of anilines is 1. The number of fused-ring (bicyclic) bond motifs is 1. The van der Waals surface area contributed by atoms with Gasteiger partial charge in [0.2, 0.25) is 0 Å². The molecule has 0 bridgehead atoms. The van der Waals surface area contributed by atoms with Crippen LogP contribution in [0.3, 0.4) is 0 Å². The number of hydrogen-bond donors (Lipinski definition) is 1. The molecule has 1 aliphatic heterocycles. The van der Waals surface area contributed by atoms with Gasteiger partial charge in [-0.15, -0.1) is 0 Å². The first kappa shape index (κ1) is 13.0. The van der Waals surface area contributed by atoms with Crippen molar-refractivity contribution < 1.29 is 0 Å². The van der Waals surface area contributed by atoms with E-state index in [1.165, 1.54) is 43.5 Å². The highest BCUT2D eigenvalue weighted by atomic mass is 15.2. The normalized spacial score (nSPS) is 30.4. The zero-order valence-corrected chi connectivity index (χ0v) is 12.0. The van der Waals surface area contributed by atoms with E-state index in [0.29, 0.717) is 5.92 Å². The Morgan fingerprint density at radius 2 is 1.89 bits per heavy atom. The Labute approximate surface area is 117 Å². The molecule has 0 aromatic heterocycles. The molecular formula is C17H26N2. The second-order valence-electron chi connectivity index (χ2n) is 6.40.